The Morgan fingerprint density at radius 2 is 2.12 bits per heavy atom. The van der Waals surface area contributed by atoms with Crippen LogP contribution >= 0.6 is 11.3 Å². The van der Waals surface area contributed by atoms with Crippen molar-refractivity contribution in [3.05, 3.63) is 11.1 Å². The molecule has 17 heavy (non-hydrogen) atoms. The van der Waals surface area contributed by atoms with Gasteiger partial charge in [-0.2, -0.15) is 0 Å². The molecule has 0 unspecified atom stereocenters. The average molecular weight is 253 g/mol. The number of carbonyl (C=O) groups excluding carboxylic acids is 1. The standard InChI is InChI=1S/C12H19N3OS/c13-12-15-10(8-17-12)7-11(16)14-9-5-3-1-2-4-6-9/h8-9H,1-7H2,(H2,13,15)(H,14,16). The normalized spacial score (nSPS) is 17.6. The molecule has 1 aromatic rings. The monoisotopic (exact) mass is 253 g/mol. The van der Waals surface area contributed by atoms with Crippen molar-refractivity contribution in [2.45, 2.75) is 51.0 Å². The van der Waals surface area contributed by atoms with Gasteiger partial charge in [0.15, 0.2) is 5.13 Å². The molecule has 0 atom stereocenters. The van der Waals surface area contributed by atoms with Gasteiger partial charge in [-0.3, -0.25) is 4.79 Å². The summed E-state index contributed by atoms with van der Waals surface area (Å²) in [6.07, 6.45) is 7.65. The van der Waals surface area contributed by atoms with Gasteiger partial charge in [-0.15, -0.1) is 11.3 Å². The highest BCUT2D eigenvalue weighted by Gasteiger charge is 2.15. The van der Waals surface area contributed by atoms with Crippen LogP contribution in [0.1, 0.15) is 44.2 Å². The van der Waals surface area contributed by atoms with Crippen molar-refractivity contribution in [2.24, 2.45) is 0 Å². The zero-order chi connectivity index (χ0) is 12.1. The second-order valence-electron chi connectivity index (χ2n) is 4.61. The molecule has 1 amide bonds. The summed E-state index contributed by atoms with van der Waals surface area (Å²) in [7, 11) is 0. The highest BCUT2D eigenvalue weighted by molar-refractivity contribution is 7.13. The minimum atomic E-state index is 0.0715. The minimum Gasteiger partial charge on any atom is -0.375 e. The summed E-state index contributed by atoms with van der Waals surface area (Å²) >= 11 is 1.38. The number of carbonyl (C=O) groups is 1. The first kappa shape index (κ1) is 12.4. The Labute approximate surface area is 106 Å². The van der Waals surface area contributed by atoms with Crippen molar-refractivity contribution >= 4 is 22.4 Å². The van der Waals surface area contributed by atoms with E-state index in [-0.39, 0.29) is 5.91 Å². The minimum absolute atomic E-state index is 0.0715. The molecule has 0 spiro atoms. The maximum atomic E-state index is 11.8. The highest BCUT2D eigenvalue weighted by atomic mass is 32.1. The van der Waals surface area contributed by atoms with E-state index in [0.29, 0.717) is 17.6 Å². The van der Waals surface area contributed by atoms with Crippen molar-refractivity contribution < 1.29 is 4.79 Å². The number of aromatic nitrogens is 1. The van der Waals surface area contributed by atoms with Crippen LogP contribution in [0.25, 0.3) is 0 Å². The molecule has 1 aliphatic rings. The van der Waals surface area contributed by atoms with E-state index in [4.69, 9.17) is 5.73 Å². The van der Waals surface area contributed by atoms with Crippen molar-refractivity contribution in [3.63, 3.8) is 0 Å². The molecule has 1 heterocycles. The van der Waals surface area contributed by atoms with E-state index >= 15 is 0 Å². The molecule has 1 saturated carbocycles. The predicted molar refractivity (Wildman–Crippen MR) is 69.9 cm³/mol. The molecule has 1 aliphatic carbocycles. The molecule has 5 heteroatoms. The highest BCUT2D eigenvalue weighted by Crippen LogP contribution is 2.17. The van der Waals surface area contributed by atoms with Crippen LogP contribution < -0.4 is 11.1 Å². The van der Waals surface area contributed by atoms with Crippen LogP contribution in [-0.4, -0.2) is 16.9 Å². The summed E-state index contributed by atoms with van der Waals surface area (Å²) in [5.74, 6) is 0.0715. The van der Waals surface area contributed by atoms with Crippen molar-refractivity contribution in [2.75, 3.05) is 5.73 Å². The summed E-state index contributed by atoms with van der Waals surface area (Å²) < 4.78 is 0. The molecule has 0 aliphatic heterocycles. The first-order valence-corrected chi connectivity index (χ1v) is 7.11. The number of hydrogen-bond donors (Lipinski definition) is 2. The van der Waals surface area contributed by atoms with Crippen LogP contribution in [0, 0.1) is 0 Å². The number of anilines is 1. The average Bonchev–Trinajstić information content (AvgIpc) is 2.53. The Morgan fingerprint density at radius 1 is 1.41 bits per heavy atom. The van der Waals surface area contributed by atoms with Gasteiger partial charge in [0.05, 0.1) is 12.1 Å². The van der Waals surface area contributed by atoms with E-state index < -0.39 is 0 Å². The van der Waals surface area contributed by atoms with Crippen molar-refractivity contribution in [3.8, 4) is 0 Å². The summed E-state index contributed by atoms with van der Waals surface area (Å²) in [6.45, 7) is 0. The van der Waals surface area contributed by atoms with Crippen LogP contribution in [0.5, 0.6) is 0 Å². The number of nitrogens with one attached hydrogen (secondary N) is 1. The SMILES string of the molecule is Nc1nc(CC(=O)NC2CCCCCC2)cs1. The summed E-state index contributed by atoms with van der Waals surface area (Å²) in [5.41, 5.74) is 6.31. The maximum Gasteiger partial charge on any atom is 0.226 e. The largest absolute Gasteiger partial charge is 0.375 e. The lowest BCUT2D eigenvalue weighted by Gasteiger charge is -2.15. The molecule has 0 bridgehead atoms. The molecule has 1 aromatic heterocycles. The van der Waals surface area contributed by atoms with Gasteiger partial charge in [0.1, 0.15) is 0 Å². The molecule has 94 valence electrons. The molecule has 4 nitrogen and oxygen atoms in total. The van der Waals surface area contributed by atoms with Gasteiger partial charge in [0.25, 0.3) is 0 Å². The molecule has 2 rings (SSSR count). The lowest BCUT2D eigenvalue weighted by Crippen LogP contribution is -2.35. The summed E-state index contributed by atoms with van der Waals surface area (Å²) in [6, 6.07) is 0.362. The second-order valence-corrected chi connectivity index (χ2v) is 5.50. The third kappa shape index (κ3) is 4.00. The van der Waals surface area contributed by atoms with Gasteiger partial charge in [0, 0.05) is 11.4 Å². The number of hydrogen-bond acceptors (Lipinski definition) is 4. The van der Waals surface area contributed by atoms with Crippen LogP contribution in [-0.2, 0) is 11.2 Å². The first-order chi connectivity index (χ1) is 8.24. The van der Waals surface area contributed by atoms with E-state index in [0.717, 1.165) is 18.5 Å². The quantitative estimate of drug-likeness (QED) is 0.811. The van der Waals surface area contributed by atoms with Gasteiger partial charge >= 0.3 is 0 Å². The number of thiazole rings is 1. The number of nitrogens with two attached hydrogens (primary N) is 1. The Hall–Kier alpha value is -1.10. The molecular formula is C12H19N3OS. The Bertz CT molecular complexity index is 370. The zero-order valence-electron chi connectivity index (χ0n) is 9.95. The van der Waals surface area contributed by atoms with E-state index in [9.17, 15) is 4.79 Å². The molecule has 1 fully saturated rings. The molecule has 0 aromatic carbocycles. The van der Waals surface area contributed by atoms with Crippen LogP contribution in [0.2, 0.25) is 0 Å². The lowest BCUT2D eigenvalue weighted by molar-refractivity contribution is -0.121. The third-order valence-corrected chi connectivity index (χ3v) is 3.85. The van der Waals surface area contributed by atoms with Crippen molar-refractivity contribution in [1.29, 1.82) is 0 Å². The predicted octanol–water partition coefficient (Wildman–Crippen LogP) is 2.11. The van der Waals surface area contributed by atoms with Crippen LogP contribution in [0.15, 0.2) is 5.38 Å². The van der Waals surface area contributed by atoms with Gasteiger partial charge < -0.3 is 11.1 Å². The molecule has 0 saturated heterocycles. The Balaban J connectivity index is 1.80. The summed E-state index contributed by atoms with van der Waals surface area (Å²) in [5, 5.41) is 5.48. The van der Waals surface area contributed by atoms with E-state index in [1.165, 1.54) is 37.0 Å². The number of rotatable bonds is 3. The van der Waals surface area contributed by atoms with Crippen molar-refractivity contribution in [1.82, 2.24) is 10.3 Å². The Kier molecular flexibility index (Phi) is 4.36. The Morgan fingerprint density at radius 3 is 2.71 bits per heavy atom. The van der Waals surface area contributed by atoms with Gasteiger partial charge in [-0.05, 0) is 12.8 Å². The van der Waals surface area contributed by atoms with Crippen LogP contribution in [0.4, 0.5) is 5.13 Å². The fraction of sp³-hybridized carbons (Fsp3) is 0.667. The second kappa shape index (κ2) is 6.00. The van der Waals surface area contributed by atoms with E-state index in [2.05, 4.69) is 10.3 Å². The third-order valence-electron chi connectivity index (χ3n) is 3.13. The van der Waals surface area contributed by atoms with Gasteiger partial charge in [-0.25, -0.2) is 4.98 Å². The topological polar surface area (TPSA) is 68.0 Å². The van der Waals surface area contributed by atoms with Gasteiger partial charge in [0.2, 0.25) is 5.91 Å². The van der Waals surface area contributed by atoms with Gasteiger partial charge in [-0.1, -0.05) is 25.7 Å². The van der Waals surface area contributed by atoms with E-state index in [1.54, 1.807) is 0 Å². The fourth-order valence-corrected chi connectivity index (χ4v) is 2.83. The molecule has 3 N–H and O–H groups in total. The smallest absolute Gasteiger partial charge is 0.226 e. The molecular weight excluding hydrogens is 234 g/mol. The number of nitrogen functional groups attached to an aromatic ring is 1. The number of nitrogens with zero attached hydrogens (tertiary/aromatic N) is 1. The molecule has 0 radical (unpaired) electrons. The first-order valence-electron chi connectivity index (χ1n) is 6.23. The number of amides is 1. The van der Waals surface area contributed by atoms with Crippen LogP contribution in [0.3, 0.4) is 0 Å². The maximum absolute atomic E-state index is 11.8. The fourth-order valence-electron chi connectivity index (χ4n) is 2.27. The van der Waals surface area contributed by atoms with E-state index in [1.807, 2.05) is 5.38 Å². The lowest BCUT2D eigenvalue weighted by atomic mass is 10.1. The zero-order valence-corrected chi connectivity index (χ0v) is 10.8. The summed E-state index contributed by atoms with van der Waals surface area (Å²) in [4.78, 5) is 15.9.